The van der Waals surface area contributed by atoms with Gasteiger partial charge in [0.2, 0.25) is 5.91 Å². The van der Waals surface area contributed by atoms with Crippen LogP contribution in [-0.2, 0) is 11.2 Å². The summed E-state index contributed by atoms with van der Waals surface area (Å²) in [6.07, 6.45) is 6.74. The Kier molecular flexibility index (Phi) is 9.80. The van der Waals surface area contributed by atoms with E-state index < -0.39 is 0 Å². The smallest absolute Gasteiger partial charge is 0.230 e. The van der Waals surface area contributed by atoms with Gasteiger partial charge in [-0.05, 0) is 72.9 Å². The minimum absolute atomic E-state index is 0.0168. The first-order chi connectivity index (χ1) is 20.1. The third kappa shape index (κ3) is 7.61. The highest BCUT2D eigenvalue weighted by Gasteiger charge is 2.19. The summed E-state index contributed by atoms with van der Waals surface area (Å²) in [5.41, 5.74) is 1.89. The molecule has 1 fully saturated rings. The van der Waals surface area contributed by atoms with Crippen LogP contribution in [0, 0.1) is 5.92 Å². The number of benzene rings is 3. The molecule has 4 aromatic rings. The summed E-state index contributed by atoms with van der Waals surface area (Å²) in [4.78, 5) is 12.7. The largest absolute Gasteiger partial charge is 0.493 e. The number of methoxy groups -OCH3 is 2. The Morgan fingerprint density at radius 1 is 0.902 bits per heavy atom. The number of carbonyl (C=O) groups is 1. The van der Waals surface area contributed by atoms with Gasteiger partial charge in [-0.2, -0.15) is 0 Å². The zero-order valence-corrected chi connectivity index (χ0v) is 24.4. The Labute approximate surface area is 245 Å². The number of rotatable bonds is 12. The maximum absolute atomic E-state index is 12.7. The second kappa shape index (κ2) is 14.1. The number of aromatic nitrogens is 3. The first-order valence-electron chi connectivity index (χ1n) is 14.0. The van der Waals surface area contributed by atoms with E-state index in [2.05, 4.69) is 15.5 Å². The van der Waals surface area contributed by atoms with Gasteiger partial charge in [0.1, 0.15) is 17.3 Å². The fourth-order valence-electron chi connectivity index (χ4n) is 5.06. The van der Waals surface area contributed by atoms with Crippen LogP contribution in [0.1, 0.15) is 43.5 Å². The number of carbonyl (C=O) groups excluding carboxylic acids is 1. The first kappa shape index (κ1) is 28.5. The lowest BCUT2D eigenvalue weighted by Crippen LogP contribution is -2.31. The van der Waals surface area contributed by atoms with Gasteiger partial charge >= 0.3 is 0 Å². The van der Waals surface area contributed by atoms with Crippen LogP contribution in [0.3, 0.4) is 0 Å². The first-order valence-corrected chi connectivity index (χ1v) is 15.0. The lowest BCUT2D eigenvalue weighted by molar-refractivity contribution is -0.118. The summed E-state index contributed by atoms with van der Waals surface area (Å²) in [6.45, 7) is 0.750. The summed E-state index contributed by atoms with van der Waals surface area (Å²) in [6, 6.07) is 23.3. The molecular weight excluding hydrogens is 536 g/mol. The van der Waals surface area contributed by atoms with Crippen molar-refractivity contribution >= 4 is 17.7 Å². The maximum atomic E-state index is 12.7. The van der Waals surface area contributed by atoms with Crippen molar-refractivity contribution in [1.29, 1.82) is 0 Å². The van der Waals surface area contributed by atoms with E-state index in [-0.39, 0.29) is 11.7 Å². The minimum atomic E-state index is 0.0168. The molecule has 1 aromatic heterocycles. The number of amides is 1. The van der Waals surface area contributed by atoms with Gasteiger partial charge in [-0.3, -0.25) is 9.36 Å². The lowest BCUT2D eigenvalue weighted by atomic mass is 9.89. The zero-order chi connectivity index (χ0) is 28.4. The van der Waals surface area contributed by atoms with E-state index in [1.165, 1.54) is 43.9 Å². The summed E-state index contributed by atoms with van der Waals surface area (Å²) in [5, 5.41) is 12.8. The van der Waals surface area contributed by atoms with Crippen LogP contribution in [0.2, 0.25) is 0 Å². The van der Waals surface area contributed by atoms with E-state index >= 15 is 0 Å². The molecule has 0 saturated heterocycles. The van der Waals surface area contributed by atoms with Gasteiger partial charge in [-0.1, -0.05) is 55.3 Å². The molecule has 214 valence electrons. The van der Waals surface area contributed by atoms with E-state index in [0.29, 0.717) is 29.0 Å². The van der Waals surface area contributed by atoms with Crippen LogP contribution >= 0.6 is 11.8 Å². The molecule has 0 aliphatic heterocycles. The van der Waals surface area contributed by atoms with Gasteiger partial charge < -0.3 is 19.5 Å². The van der Waals surface area contributed by atoms with Crippen LogP contribution in [0.5, 0.6) is 23.0 Å². The molecule has 3 aromatic carbocycles. The second-order valence-corrected chi connectivity index (χ2v) is 11.0. The zero-order valence-electron chi connectivity index (χ0n) is 23.5. The van der Waals surface area contributed by atoms with Crippen molar-refractivity contribution in [2.45, 2.75) is 43.7 Å². The molecule has 5 rings (SSSR count). The highest BCUT2D eigenvalue weighted by molar-refractivity contribution is 7.99. The predicted molar refractivity (Wildman–Crippen MR) is 161 cm³/mol. The van der Waals surface area contributed by atoms with E-state index in [1.807, 2.05) is 77.4 Å². The summed E-state index contributed by atoms with van der Waals surface area (Å²) in [5.74, 6) is 4.45. The van der Waals surface area contributed by atoms with Crippen LogP contribution < -0.4 is 19.5 Å². The average Bonchev–Trinajstić information content (AvgIpc) is 3.42. The molecule has 41 heavy (non-hydrogen) atoms. The summed E-state index contributed by atoms with van der Waals surface area (Å²) in [7, 11) is 3.24. The van der Waals surface area contributed by atoms with Crippen molar-refractivity contribution in [3.05, 3.63) is 84.2 Å². The fourth-order valence-corrected chi connectivity index (χ4v) is 5.86. The van der Waals surface area contributed by atoms with E-state index in [9.17, 15) is 4.79 Å². The lowest BCUT2D eigenvalue weighted by Gasteiger charge is -2.21. The van der Waals surface area contributed by atoms with Gasteiger partial charge in [0.05, 0.1) is 20.0 Å². The quantitative estimate of drug-likeness (QED) is 0.195. The molecule has 1 amide bonds. The SMILES string of the molecule is COc1ccc(Cc2nnc(SCC(=O)NCC3CCCCC3)n2-c2ccc(Oc3ccccc3)cc2)cc1OC. The Morgan fingerprint density at radius 3 is 2.37 bits per heavy atom. The number of nitrogens with zero attached hydrogens (tertiary/aromatic N) is 3. The maximum Gasteiger partial charge on any atom is 0.230 e. The van der Waals surface area contributed by atoms with Crippen LogP contribution in [-0.4, -0.2) is 47.2 Å². The van der Waals surface area contributed by atoms with Gasteiger partial charge in [0, 0.05) is 18.7 Å². The van der Waals surface area contributed by atoms with E-state index in [1.54, 1.807) is 14.2 Å². The summed E-state index contributed by atoms with van der Waals surface area (Å²) < 4.78 is 18.9. The Morgan fingerprint density at radius 2 is 1.63 bits per heavy atom. The standard InChI is InChI=1S/C32H36N4O4S/c1-38-28-18-13-24(19-29(28)39-2)20-30-34-35-32(41-22-31(37)33-21-23-9-5-3-6-10-23)36(30)25-14-16-27(17-15-25)40-26-11-7-4-8-12-26/h4,7-8,11-19,23H,3,5-6,9-10,20-22H2,1-2H3,(H,33,37). The molecule has 0 spiro atoms. The molecule has 0 unspecified atom stereocenters. The van der Waals surface area contributed by atoms with Crippen LogP contribution in [0.25, 0.3) is 5.69 Å². The molecule has 1 heterocycles. The molecule has 8 nitrogen and oxygen atoms in total. The monoisotopic (exact) mass is 572 g/mol. The number of ether oxygens (including phenoxy) is 3. The van der Waals surface area contributed by atoms with Gasteiger partial charge in [-0.25, -0.2) is 0 Å². The molecule has 0 radical (unpaired) electrons. The van der Waals surface area contributed by atoms with Crippen molar-refractivity contribution in [1.82, 2.24) is 20.1 Å². The molecule has 1 N–H and O–H groups in total. The second-order valence-electron chi connectivity index (χ2n) is 10.1. The van der Waals surface area contributed by atoms with E-state index in [0.717, 1.165) is 35.1 Å². The highest BCUT2D eigenvalue weighted by atomic mass is 32.2. The number of thioether (sulfide) groups is 1. The van der Waals surface area contributed by atoms with Gasteiger partial charge in [0.15, 0.2) is 16.7 Å². The predicted octanol–water partition coefficient (Wildman–Crippen LogP) is 6.46. The normalized spacial score (nSPS) is 13.5. The molecule has 0 bridgehead atoms. The number of nitrogens with one attached hydrogen (secondary N) is 1. The van der Waals surface area contributed by atoms with Crippen molar-refractivity contribution in [2.24, 2.45) is 5.92 Å². The molecule has 9 heteroatoms. The van der Waals surface area contributed by atoms with E-state index in [4.69, 9.17) is 14.2 Å². The number of hydrogen-bond acceptors (Lipinski definition) is 7. The van der Waals surface area contributed by atoms with Crippen LogP contribution in [0.15, 0.2) is 78.0 Å². The molecule has 1 aliphatic carbocycles. The summed E-state index contributed by atoms with van der Waals surface area (Å²) >= 11 is 1.39. The van der Waals surface area contributed by atoms with Crippen molar-refractivity contribution in [3.8, 4) is 28.7 Å². The van der Waals surface area contributed by atoms with Gasteiger partial charge in [0.25, 0.3) is 0 Å². The number of para-hydroxylation sites is 1. The Balaban J connectivity index is 1.35. The molecule has 0 atom stereocenters. The minimum Gasteiger partial charge on any atom is -0.493 e. The Hall–Kier alpha value is -3.98. The molecular formula is C32H36N4O4S. The number of hydrogen-bond donors (Lipinski definition) is 1. The Bertz CT molecular complexity index is 1420. The average molecular weight is 573 g/mol. The van der Waals surface area contributed by atoms with Crippen molar-refractivity contribution < 1.29 is 19.0 Å². The fraction of sp³-hybridized carbons (Fsp3) is 0.344. The molecule has 1 aliphatic rings. The topological polar surface area (TPSA) is 87.5 Å². The molecule has 1 saturated carbocycles. The highest BCUT2D eigenvalue weighted by Crippen LogP contribution is 2.31. The van der Waals surface area contributed by atoms with Gasteiger partial charge in [-0.15, -0.1) is 10.2 Å². The third-order valence-corrected chi connectivity index (χ3v) is 8.16. The van der Waals surface area contributed by atoms with Crippen molar-refractivity contribution in [2.75, 3.05) is 26.5 Å². The third-order valence-electron chi connectivity index (χ3n) is 7.23. The van der Waals surface area contributed by atoms with Crippen LogP contribution in [0.4, 0.5) is 0 Å². The van der Waals surface area contributed by atoms with Crippen molar-refractivity contribution in [3.63, 3.8) is 0 Å².